The summed E-state index contributed by atoms with van der Waals surface area (Å²) in [5.41, 5.74) is 2.85. The fraction of sp³-hybridized carbons (Fsp3) is 0. The lowest BCUT2D eigenvalue weighted by molar-refractivity contribution is 0.442. The molecule has 0 aliphatic carbocycles. The van der Waals surface area contributed by atoms with Gasteiger partial charge in [0.1, 0.15) is 12.5 Å². The Morgan fingerprint density at radius 3 is 1.86 bits per heavy atom. The van der Waals surface area contributed by atoms with Crippen LogP contribution in [0.4, 0.5) is 0 Å². The quantitative estimate of drug-likeness (QED) is 0.276. The lowest BCUT2D eigenvalue weighted by Crippen LogP contribution is -2.75. The highest BCUT2D eigenvalue weighted by Gasteiger charge is 2.43. The summed E-state index contributed by atoms with van der Waals surface area (Å²) in [4.78, 5) is 4.76. The van der Waals surface area contributed by atoms with Gasteiger partial charge in [-0.2, -0.15) is 0 Å². The van der Waals surface area contributed by atoms with E-state index >= 15 is 0 Å². The van der Waals surface area contributed by atoms with Gasteiger partial charge in [0.2, 0.25) is 11.4 Å². The van der Waals surface area contributed by atoms with Crippen molar-refractivity contribution < 1.29 is 9.05 Å². The van der Waals surface area contributed by atoms with Crippen LogP contribution >= 0.6 is 0 Å². The number of benzene rings is 4. The van der Waals surface area contributed by atoms with Crippen molar-refractivity contribution in [3.63, 3.8) is 0 Å². The largest absolute Gasteiger partial charge is 0.349 e. The highest BCUT2D eigenvalue weighted by atomic mass is 28.3. The Labute approximate surface area is 207 Å². The van der Waals surface area contributed by atoms with E-state index in [0.29, 0.717) is 17.0 Å². The monoisotopic (exact) mass is 484 g/mol. The van der Waals surface area contributed by atoms with Gasteiger partial charge in [-0.3, -0.25) is 4.57 Å². The highest BCUT2D eigenvalue weighted by molar-refractivity contribution is 7.20. The number of hydrogen-bond acceptors (Lipinski definition) is 5. The molecule has 0 fully saturated rings. The third-order valence-electron chi connectivity index (χ3n) is 6.79. The summed E-state index contributed by atoms with van der Waals surface area (Å²) >= 11 is 0. The van der Waals surface area contributed by atoms with Gasteiger partial charge in [-0.15, -0.1) is 0 Å². The average Bonchev–Trinajstić information content (AvgIpc) is 3.68. The predicted octanol–water partition coefficient (Wildman–Crippen LogP) is 3.53. The molecule has 0 spiro atoms. The van der Waals surface area contributed by atoms with Crippen molar-refractivity contribution >= 4 is 51.0 Å². The molecule has 172 valence electrons. The van der Waals surface area contributed by atoms with Crippen LogP contribution in [0.1, 0.15) is 0 Å². The summed E-state index contributed by atoms with van der Waals surface area (Å²) < 4.78 is 13.0. The van der Waals surface area contributed by atoms with Crippen LogP contribution in [0.3, 0.4) is 0 Å². The first-order valence-electron chi connectivity index (χ1n) is 11.7. The van der Waals surface area contributed by atoms with E-state index in [1.165, 1.54) is 26.9 Å². The molecular weight excluding hydrogens is 464 g/mol. The molecular formula is C29H20N4O2Si. The van der Waals surface area contributed by atoms with Crippen molar-refractivity contribution in [3.8, 4) is 5.82 Å². The fourth-order valence-electron chi connectivity index (χ4n) is 5.29. The molecule has 0 atom stereocenters. The molecule has 3 aromatic heterocycles. The minimum absolute atomic E-state index is 0.496. The summed E-state index contributed by atoms with van der Waals surface area (Å²) in [5.74, 6) is 0.537. The van der Waals surface area contributed by atoms with Gasteiger partial charge >= 0.3 is 0 Å². The SMILES string of the molecule is c1ccc([Si](c2ccccc2)(c2ccccc2)c2cccc3ncn(-c4noc5cnoc45)c23)cc1. The molecule has 0 saturated heterocycles. The molecule has 0 aliphatic heterocycles. The van der Waals surface area contributed by atoms with Gasteiger partial charge in [-0.25, -0.2) is 4.98 Å². The molecule has 3 heterocycles. The zero-order chi connectivity index (χ0) is 24.0. The number of hydrogen-bond donors (Lipinski definition) is 0. The Morgan fingerprint density at radius 1 is 0.639 bits per heavy atom. The van der Waals surface area contributed by atoms with Crippen molar-refractivity contribution in [1.29, 1.82) is 0 Å². The van der Waals surface area contributed by atoms with Gasteiger partial charge in [-0.1, -0.05) is 113 Å². The van der Waals surface area contributed by atoms with Crippen molar-refractivity contribution in [3.05, 3.63) is 122 Å². The van der Waals surface area contributed by atoms with Gasteiger partial charge in [-0.05, 0) is 26.8 Å². The minimum atomic E-state index is -2.79. The molecule has 0 unspecified atom stereocenters. The summed E-state index contributed by atoms with van der Waals surface area (Å²) in [6, 6.07) is 38.8. The van der Waals surface area contributed by atoms with Gasteiger partial charge in [0.05, 0.1) is 11.0 Å². The molecule has 4 aromatic carbocycles. The van der Waals surface area contributed by atoms with Crippen LogP contribution in [-0.4, -0.2) is 27.9 Å². The first kappa shape index (κ1) is 20.6. The maximum Gasteiger partial charge on any atom is 0.251 e. The second-order valence-electron chi connectivity index (χ2n) is 8.66. The van der Waals surface area contributed by atoms with Crippen molar-refractivity contribution in [2.45, 2.75) is 0 Å². The van der Waals surface area contributed by atoms with E-state index < -0.39 is 8.07 Å². The van der Waals surface area contributed by atoms with E-state index in [9.17, 15) is 0 Å². The molecule has 7 heteroatoms. The maximum atomic E-state index is 5.50. The topological polar surface area (TPSA) is 69.9 Å². The van der Waals surface area contributed by atoms with Crippen LogP contribution in [0.5, 0.6) is 0 Å². The zero-order valence-electron chi connectivity index (χ0n) is 19.2. The Kier molecular flexibility index (Phi) is 4.68. The molecule has 0 N–H and O–H groups in total. The average molecular weight is 485 g/mol. The lowest BCUT2D eigenvalue weighted by Gasteiger charge is -2.35. The van der Waals surface area contributed by atoms with E-state index in [0.717, 1.165) is 11.0 Å². The van der Waals surface area contributed by atoms with Crippen molar-refractivity contribution in [2.75, 3.05) is 0 Å². The maximum absolute atomic E-state index is 5.50. The molecule has 0 radical (unpaired) electrons. The molecule has 7 rings (SSSR count). The third kappa shape index (κ3) is 2.93. The number of nitrogens with zero attached hydrogens (tertiary/aromatic N) is 4. The smallest absolute Gasteiger partial charge is 0.251 e. The van der Waals surface area contributed by atoms with Gasteiger partial charge < -0.3 is 9.05 Å². The summed E-state index contributed by atoms with van der Waals surface area (Å²) in [6.45, 7) is 0. The molecule has 7 aromatic rings. The Balaban J connectivity index is 1.66. The first-order valence-corrected chi connectivity index (χ1v) is 13.7. The van der Waals surface area contributed by atoms with Crippen LogP contribution in [0.25, 0.3) is 28.0 Å². The predicted molar refractivity (Wildman–Crippen MR) is 142 cm³/mol. The fourth-order valence-corrected chi connectivity index (χ4v) is 10.3. The molecule has 0 aliphatic rings. The standard InChI is InChI=1S/C29H20N4O2Si/c1-4-11-21(12-5-1)36(22-13-6-2-7-14-22,23-15-8-3-9-16-23)26-18-10-17-24-27(26)33(20-30-24)29-28-25(34-32-29)19-31-35-28/h1-20H. The van der Waals surface area contributed by atoms with E-state index in [2.05, 4.69) is 113 Å². The van der Waals surface area contributed by atoms with Crippen LogP contribution in [0.15, 0.2) is 131 Å². The summed E-state index contributed by atoms with van der Waals surface area (Å²) in [7, 11) is -2.79. The Bertz CT molecular complexity index is 1690. The van der Waals surface area contributed by atoms with Crippen LogP contribution < -0.4 is 20.7 Å². The molecule has 6 nitrogen and oxygen atoms in total. The van der Waals surface area contributed by atoms with Crippen LogP contribution in [-0.2, 0) is 0 Å². The lowest BCUT2D eigenvalue weighted by atomic mass is 10.3. The van der Waals surface area contributed by atoms with Crippen molar-refractivity contribution in [2.24, 2.45) is 0 Å². The minimum Gasteiger partial charge on any atom is -0.349 e. The van der Waals surface area contributed by atoms with E-state index in [4.69, 9.17) is 14.0 Å². The molecule has 0 saturated carbocycles. The normalized spacial score (nSPS) is 11.9. The van der Waals surface area contributed by atoms with E-state index in [1.54, 1.807) is 6.33 Å². The van der Waals surface area contributed by atoms with Gasteiger partial charge in [0.25, 0.3) is 5.58 Å². The third-order valence-corrected chi connectivity index (χ3v) is 11.6. The second-order valence-corrected chi connectivity index (χ2v) is 12.4. The van der Waals surface area contributed by atoms with Crippen LogP contribution in [0, 0.1) is 0 Å². The molecule has 0 bridgehead atoms. The van der Waals surface area contributed by atoms with Crippen molar-refractivity contribution in [1.82, 2.24) is 19.9 Å². The number of imidazole rings is 1. The number of fused-ring (bicyclic) bond motifs is 2. The number of aromatic nitrogens is 4. The molecule has 36 heavy (non-hydrogen) atoms. The van der Waals surface area contributed by atoms with E-state index in [1.807, 2.05) is 10.6 Å². The molecule has 0 amide bonds. The number of rotatable bonds is 5. The zero-order valence-corrected chi connectivity index (χ0v) is 20.2. The Hall–Kier alpha value is -4.75. The number of para-hydroxylation sites is 1. The summed E-state index contributed by atoms with van der Waals surface area (Å²) in [6.07, 6.45) is 3.32. The van der Waals surface area contributed by atoms with Gasteiger partial charge in [0.15, 0.2) is 8.07 Å². The highest BCUT2D eigenvalue weighted by Crippen LogP contribution is 2.25. The van der Waals surface area contributed by atoms with Crippen LogP contribution in [0.2, 0.25) is 0 Å². The van der Waals surface area contributed by atoms with E-state index in [-0.39, 0.29) is 0 Å². The second kappa shape index (κ2) is 8.18. The summed E-state index contributed by atoms with van der Waals surface area (Å²) in [5, 5.41) is 13.3. The van der Waals surface area contributed by atoms with Gasteiger partial charge in [0, 0.05) is 0 Å². The Morgan fingerprint density at radius 2 is 1.25 bits per heavy atom. The first-order chi connectivity index (χ1) is 17.9.